The Hall–Kier alpha value is -1.60. The summed E-state index contributed by atoms with van der Waals surface area (Å²) in [5.41, 5.74) is 6.14. The van der Waals surface area contributed by atoms with Gasteiger partial charge in [-0.3, -0.25) is 0 Å². The van der Waals surface area contributed by atoms with Gasteiger partial charge in [0.25, 0.3) is 0 Å². The summed E-state index contributed by atoms with van der Waals surface area (Å²) in [6.07, 6.45) is 0.493. The molecule has 1 aromatic carbocycles. The lowest BCUT2D eigenvalue weighted by Crippen LogP contribution is -2.38. The van der Waals surface area contributed by atoms with Crippen LogP contribution in [0.3, 0.4) is 0 Å². The second kappa shape index (κ2) is 6.36. The van der Waals surface area contributed by atoms with Gasteiger partial charge in [0, 0.05) is 0 Å². The average Bonchev–Trinajstić information content (AvgIpc) is 2.36. The topological polar surface area (TPSA) is 105 Å². The number of benzene rings is 1. The maximum atomic E-state index is 11.7. The first-order valence-electron chi connectivity index (χ1n) is 5.52. The zero-order valence-electron chi connectivity index (χ0n) is 10.1. The molecular formula is C11H17N3O3S. The van der Waals surface area contributed by atoms with Crippen LogP contribution in [0.1, 0.15) is 24.9 Å². The third-order valence-corrected chi connectivity index (χ3v) is 3.85. The number of hydrogen-bond donors (Lipinski definition) is 3. The smallest absolute Gasteiger partial charge is 0.212 e. The van der Waals surface area contributed by atoms with E-state index >= 15 is 0 Å². The molecule has 1 unspecified atom stereocenters. The standard InChI is InChI=1S/C11H17N3O3S/c1-2-8-18(16,17)14-10(11(12)13-15)9-6-4-3-5-7-9/h3-7,10,14-15H,2,8H2,1H3,(H2,12,13). The van der Waals surface area contributed by atoms with Crippen molar-refractivity contribution in [2.75, 3.05) is 5.75 Å². The van der Waals surface area contributed by atoms with Crippen molar-refractivity contribution in [3.8, 4) is 0 Å². The van der Waals surface area contributed by atoms with Crippen LogP contribution in [0.4, 0.5) is 0 Å². The molecule has 1 rings (SSSR count). The van der Waals surface area contributed by atoms with Crippen molar-refractivity contribution in [2.45, 2.75) is 19.4 Å². The molecule has 100 valence electrons. The minimum Gasteiger partial charge on any atom is -0.409 e. The normalized spacial score (nSPS) is 14.4. The molecule has 7 heteroatoms. The zero-order valence-corrected chi connectivity index (χ0v) is 10.9. The van der Waals surface area contributed by atoms with Gasteiger partial charge < -0.3 is 10.9 Å². The molecule has 0 spiro atoms. The molecular weight excluding hydrogens is 254 g/mol. The second-order valence-corrected chi connectivity index (χ2v) is 5.68. The van der Waals surface area contributed by atoms with E-state index in [4.69, 9.17) is 10.9 Å². The molecule has 0 aromatic heterocycles. The summed E-state index contributed by atoms with van der Waals surface area (Å²) in [4.78, 5) is 0. The summed E-state index contributed by atoms with van der Waals surface area (Å²) >= 11 is 0. The molecule has 0 aliphatic rings. The van der Waals surface area contributed by atoms with E-state index in [0.717, 1.165) is 0 Å². The van der Waals surface area contributed by atoms with Gasteiger partial charge >= 0.3 is 0 Å². The summed E-state index contributed by atoms with van der Waals surface area (Å²) < 4.78 is 25.9. The number of nitrogens with one attached hydrogen (secondary N) is 1. The van der Waals surface area contributed by atoms with Crippen LogP contribution in [0.25, 0.3) is 0 Å². The van der Waals surface area contributed by atoms with Crippen molar-refractivity contribution < 1.29 is 13.6 Å². The molecule has 1 atom stereocenters. The van der Waals surface area contributed by atoms with Crippen molar-refractivity contribution in [3.63, 3.8) is 0 Å². The number of rotatable bonds is 6. The maximum Gasteiger partial charge on any atom is 0.212 e. The largest absolute Gasteiger partial charge is 0.409 e. The predicted octanol–water partition coefficient (Wildman–Crippen LogP) is 0.804. The monoisotopic (exact) mass is 271 g/mol. The van der Waals surface area contributed by atoms with E-state index in [9.17, 15) is 8.42 Å². The number of oxime groups is 1. The van der Waals surface area contributed by atoms with Gasteiger partial charge in [-0.1, -0.05) is 42.4 Å². The van der Waals surface area contributed by atoms with Crippen LogP contribution in [0.2, 0.25) is 0 Å². The van der Waals surface area contributed by atoms with Crippen LogP contribution in [0.5, 0.6) is 0 Å². The summed E-state index contributed by atoms with van der Waals surface area (Å²) in [5.74, 6) is -0.199. The van der Waals surface area contributed by atoms with Crippen LogP contribution >= 0.6 is 0 Å². The van der Waals surface area contributed by atoms with Gasteiger partial charge in [-0.2, -0.15) is 4.72 Å². The van der Waals surface area contributed by atoms with Crippen molar-refractivity contribution in [3.05, 3.63) is 35.9 Å². The minimum atomic E-state index is -3.46. The van der Waals surface area contributed by atoms with Crippen molar-refractivity contribution in [1.82, 2.24) is 4.72 Å². The highest BCUT2D eigenvalue weighted by Gasteiger charge is 2.22. The van der Waals surface area contributed by atoms with Gasteiger partial charge in [0.05, 0.1) is 5.75 Å². The second-order valence-electron chi connectivity index (χ2n) is 3.81. The molecule has 6 nitrogen and oxygen atoms in total. The molecule has 18 heavy (non-hydrogen) atoms. The molecule has 4 N–H and O–H groups in total. The van der Waals surface area contributed by atoms with Crippen molar-refractivity contribution >= 4 is 15.9 Å². The number of nitrogens with zero attached hydrogens (tertiary/aromatic N) is 1. The van der Waals surface area contributed by atoms with Crippen LogP contribution in [-0.4, -0.2) is 25.2 Å². The molecule has 0 saturated carbocycles. The number of nitrogens with two attached hydrogens (primary N) is 1. The molecule has 1 aromatic rings. The Labute approximate surface area is 107 Å². The van der Waals surface area contributed by atoms with Gasteiger partial charge in [-0.05, 0) is 12.0 Å². The first-order chi connectivity index (χ1) is 8.50. The highest BCUT2D eigenvalue weighted by Crippen LogP contribution is 2.14. The molecule has 0 saturated heterocycles. The van der Waals surface area contributed by atoms with E-state index < -0.39 is 16.1 Å². The minimum absolute atomic E-state index is 0.00492. The predicted molar refractivity (Wildman–Crippen MR) is 69.8 cm³/mol. The fraction of sp³-hybridized carbons (Fsp3) is 0.364. The van der Waals surface area contributed by atoms with Gasteiger partial charge in [0.15, 0.2) is 5.84 Å². The molecule has 0 bridgehead atoms. The highest BCUT2D eigenvalue weighted by molar-refractivity contribution is 7.89. The first-order valence-corrected chi connectivity index (χ1v) is 7.17. The maximum absolute atomic E-state index is 11.7. The molecule has 0 aliphatic carbocycles. The van der Waals surface area contributed by atoms with Crippen LogP contribution in [0.15, 0.2) is 35.5 Å². The summed E-state index contributed by atoms with van der Waals surface area (Å²) in [6, 6.07) is 7.86. The van der Waals surface area contributed by atoms with E-state index in [2.05, 4.69) is 9.88 Å². The van der Waals surface area contributed by atoms with E-state index in [1.165, 1.54) is 0 Å². The Balaban J connectivity index is 3.02. The molecule has 0 radical (unpaired) electrons. The zero-order chi connectivity index (χ0) is 13.6. The molecule has 0 amide bonds. The van der Waals surface area contributed by atoms with Gasteiger partial charge in [0.2, 0.25) is 10.0 Å². The Morgan fingerprint density at radius 3 is 2.56 bits per heavy atom. The average molecular weight is 271 g/mol. The fourth-order valence-electron chi connectivity index (χ4n) is 1.51. The van der Waals surface area contributed by atoms with Gasteiger partial charge in [-0.15, -0.1) is 0 Å². The lowest BCUT2D eigenvalue weighted by molar-refractivity contribution is 0.315. The summed E-state index contributed by atoms with van der Waals surface area (Å²) in [5, 5.41) is 11.6. The third-order valence-electron chi connectivity index (χ3n) is 2.31. The first kappa shape index (κ1) is 14.5. The third kappa shape index (κ3) is 4.01. The van der Waals surface area contributed by atoms with Crippen LogP contribution < -0.4 is 10.5 Å². The van der Waals surface area contributed by atoms with E-state index in [-0.39, 0.29) is 11.6 Å². The lowest BCUT2D eigenvalue weighted by atomic mass is 10.1. The Morgan fingerprint density at radius 1 is 1.44 bits per heavy atom. The SMILES string of the molecule is CCCS(=O)(=O)NC(/C(N)=N/O)c1ccccc1. The van der Waals surface area contributed by atoms with Gasteiger partial charge in [0.1, 0.15) is 6.04 Å². The Bertz CT molecular complexity index is 500. The Kier molecular flexibility index (Phi) is 5.11. The summed E-state index contributed by atoms with van der Waals surface area (Å²) in [6.45, 7) is 1.76. The number of amidine groups is 1. The highest BCUT2D eigenvalue weighted by atomic mass is 32.2. The van der Waals surface area contributed by atoms with Gasteiger partial charge in [-0.25, -0.2) is 8.42 Å². The lowest BCUT2D eigenvalue weighted by Gasteiger charge is -2.17. The van der Waals surface area contributed by atoms with Crippen molar-refractivity contribution in [1.29, 1.82) is 0 Å². The molecule has 0 heterocycles. The van der Waals surface area contributed by atoms with Crippen LogP contribution in [-0.2, 0) is 10.0 Å². The van der Waals surface area contributed by atoms with Crippen molar-refractivity contribution in [2.24, 2.45) is 10.9 Å². The number of hydrogen-bond acceptors (Lipinski definition) is 4. The number of sulfonamides is 1. The fourth-order valence-corrected chi connectivity index (χ4v) is 2.78. The quantitative estimate of drug-likeness (QED) is 0.308. The van der Waals surface area contributed by atoms with E-state index in [1.54, 1.807) is 37.3 Å². The molecule has 0 fully saturated rings. The summed E-state index contributed by atoms with van der Waals surface area (Å²) in [7, 11) is -3.46. The van der Waals surface area contributed by atoms with E-state index in [0.29, 0.717) is 12.0 Å². The van der Waals surface area contributed by atoms with Crippen LogP contribution in [0, 0.1) is 0 Å². The molecule has 0 aliphatic heterocycles. The Morgan fingerprint density at radius 2 is 2.06 bits per heavy atom. The van der Waals surface area contributed by atoms with E-state index in [1.807, 2.05) is 0 Å².